The van der Waals surface area contributed by atoms with Gasteiger partial charge in [0.2, 0.25) is 0 Å². The van der Waals surface area contributed by atoms with Gasteiger partial charge in [-0.25, -0.2) is 0 Å². The average molecular weight is 264 g/mol. The summed E-state index contributed by atoms with van der Waals surface area (Å²) in [6, 6.07) is 5.25. The van der Waals surface area contributed by atoms with E-state index < -0.39 is 0 Å². The maximum absolute atomic E-state index is 12.2. The van der Waals surface area contributed by atoms with Crippen LogP contribution in [0.1, 0.15) is 29.6 Å². The Hall–Kier alpha value is -1.75. The van der Waals surface area contributed by atoms with Crippen LogP contribution >= 0.6 is 0 Å². The molecule has 1 fully saturated rings. The number of amides is 1. The predicted octanol–water partition coefficient (Wildman–Crippen LogP) is 1.31. The molecule has 1 aliphatic rings. The summed E-state index contributed by atoms with van der Waals surface area (Å²) in [5.74, 6) is 1.03. The van der Waals surface area contributed by atoms with Gasteiger partial charge in [-0.15, -0.1) is 0 Å². The largest absolute Gasteiger partial charge is 0.493 e. The first-order chi connectivity index (χ1) is 9.15. The number of nitrogens with one attached hydrogen (secondary N) is 1. The summed E-state index contributed by atoms with van der Waals surface area (Å²) in [6.07, 6.45) is 2.98. The fourth-order valence-corrected chi connectivity index (χ4v) is 2.40. The Morgan fingerprint density at radius 1 is 1.26 bits per heavy atom. The minimum Gasteiger partial charge on any atom is -0.493 e. The molecule has 5 nitrogen and oxygen atoms in total. The monoisotopic (exact) mass is 264 g/mol. The van der Waals surface area contributed by atoms with Crippen molar-refractivity contribution in [1.82, 2.24) is 5.32 Å². The second-order valence-corrected chi connectivity index (χ2v) is 4.74. The number of hydrogen-bond acceptors (Lipinski definition) is 4. The number of hydrogen-bond donors (Lipinski definition) is 2. The van der Waals surface area contributed by atoms with Crippen molar-refractivity contribution in [3.8, 4) is 11.5 Å². The maximum Gasteiger partial charge on any atom is 0.251 e. The molecule has 0 heterocycles. The van der Waals surface area contributed by atoms with Gasteiger partial charge < -0.3 is 20.5 Å². The predicted molar refractivity (Wildman–Crippen MR) is 72.6 cm³/mol. The first-order valence-corrected chi connectivity index (χ1v) is 6.44. The molecule has 1 amide bonds. The highest BCUT2D eigenvalue weighted by Crippen LogP contribution is 2.27. The van der Waals surface area contributed by atoms with Gasteiger partial charge in [-0.1, -0.05) is 0 Å². The van der Waals surface area contributed by atoms with Crippen LogP contribution in [0.15, 0.2) is 18.2 Å². The van der Waals surface area contributed by atoms with E-state index in [1.807, 2.05) is 0 Å². The zero-order valence-electron chi connectivity index (χ0n) is 11.3. The van der Waals surface area contributed by atoms with Crippen LogP contribution in [0.3, 0.4) is 0 Å². The molecule has 2 unspecified atom stereocenters. The SMILES string of the molecule is COc1ccc(C(=O)NC2CCCC2N)cc1OC. The van der Waals surface area contributed by atoms with Gasteiger partial charge in [0.1, 0.15) is 0 Å². The van der Waals surface area contributed by atoms with E-state index >= 15 is 0 Å². The smallest absolute Gasteiger partial charge is 0.251 e. The fraction of sp³-hybridized carbons (Fsp3) is 0.500. The molecule has 2 atom stereocenters. The number of ether oxygens (including phenoxy) is 2. The van der Waals surface area contributed by atoms with Crippen molar-refractivity contribution in [2.75, 3.05) is 14.2 Å². The summed E-state index contributed by atoms with van der Waals surface area (Å²) in [7, 11) is 3.11. The van der Waals surface area contributed by atoms with E-state index in [9.17, 15) is 4.79 Å². The molecule has 2 rings (SSSR count). The first kappa shape index (κ1) is 13.7. The first-order valence-electron chi connectivity index (χ1n) is 6.44. The molecule has 0 saturated heterocycles. The Morgan fingerprint density at radius 3 is 2.58 bits per heavy atom. The summed E-state index contributed by atoms with van der Waals surface area (Å²) >= 11 is 0. The van der Waals surface area contributed by atoms with Crippen LogP contribution in [0.2, 0.25) is 0 Å². The molecule has 0 bridgehead atoms. The summed E-state index contributed by atoms with van der Waals surface area (Å²) in [5, 5.41) is 2.97. The lowest BCUT2D eigenvalue weighted by atomic mass is 10.1. The summed E-state index contributed by atoms with van der Waals surface area (Å²) in [4.78, 5) is 12.2. The van der Waals surface area contributed by atoms with Crippen LogP contribution < -0.4 is 20.5 Å². The van der Waals surface area contributed by atoms with Crippen LogP contribution in [0.25, 0.3) is 0 Å². The number of methoxy groups -OCH3 is 2. The molecule has 0 radical (unpaired) electrons. The molecule has 0 spiro atoms. The Kier molecular flexibility index (Phi) is 4.27. The van der Waals surface area contributed by atoms with Gasteiger partial charge in [0.15, 0.2) is 11.5 Å². The molecular weight excluding hydrogens is 244 g/mol. The number of nitrogens with two attached hydrogens (primary N) is 1. The third-order valence-corrected chi connectivity index (χ3v) is 3.53. The zero-order chi connectivity index (χ0) is 13.8. The van der Waals surface area contributed by atoms with Crippen molar-refractivity contribution in [2.45, 2.75) is 31.3 Å². The van der Waals surface area contributed by atoms with Gasteiger partial charge in [-0.05, 0) is 37.5 Å². The van der Waals surface area contributed by atoms with Crippen LogP contribution in [-0.2, 0) is 0 Å². The highest BCUT2D eigenvalue weighted by atomic mass is 16.5. The molecular formula is C14H20N2O3. The highest BCUT2D eigenvalue weighted by molar-refractivity contribution is 5.95. The minimum atomic E-state index is -0.122. The summed E-state index contributed by atoms with van der Waals surface area (Å²) in [5.41, 5.74) is 6.50. The molecule has 1 aromatic carbocycles. The minimum absolute atomic E-state index is 0.0593. The Balaban J connectivity index is 2.10. The molecule has 1 aliphatic carbocycles. The molecule has 0 aromatic heterocycles. The van der Waals surface area contributed by atoms with Gasteiger partial charge in [0, 0.05) is 17.6 Å². The van der Waals surface area contributed by atoms with E-state index in [4.69, 9.17) is 15.2 Å². The van der Waals surface area contributed by atoms with Crippen LogP contribution in [0, 0.1) is 0 Å². The maximum atomic E-state index is 12.2. The van der Waals surface area contributed by atoms with E-state index in [2.05, 4.69) is 5.32 Å². The quantitative estimate of drug-likeness (QED) is 0.860. The lowest BCUT2D eigenvalue weighted by molar-refractivity contribution is 0.0934. The van der Waals surface area contributed by atoms with Gasteiger partial charge in [0.05, 0.1) is 14.2 Å². The molecule has 104 valence electrons. The molecule has 5 heteroatoms. The highest BCUT2D eigenvalue weighted by Gasteiger charge is 2.25. The van der Waals surface area contributed by atoms with Crippen LogP contribution in [0.4, 0.5) is 0 Å². The van der Waals surface area contributed by atoms with Crippen molar-refractivity contribution in [2.24, 2.45) is 5.73 Å². The van der Waals surface area contributed by atoms with Crippen LogP contribution in [-0.4, -0.2) is 32.2 Å². The average Bonchev–Trinajstić information content (AvgIpc) is 2.83. The topological polar surface area (TPSA) is 73.6 Å². The third kappa shape index (κ3) is 2.98. The summed E-state index contributed by atoms with van der Waals surface area (Å²) in [6.45, 7) is 0. The van der Waals surface area contributed by atoms with Crippen molar-refractivity contribution >= 4 is 5.91 Å². The van der Waals surface area contributed by atoms with Crippen molar-refractivity contribution in [1.29, 1.82) is 0 Å². The number of carbonyl (C=O) groups excluding carboxylic acids is 1. The molecule has 1 aromatic rings. The standard InChI is InChI=1S/C14H20N2O3/c1-18-12-7-6-9(8-13(12)19-2)14(17)16-11-5-3-4-10(11)15/h6-8,10-11H,3-5,15H2,1-2H3,(H,16,17). The van der Waals surface area contributed by atoms with E-state index in [0.29, 0.717) is 17.1 Å². The van der Waals surface area contributed by atoms with Crippen molar-refractivity contribution in [3.05, 3.63) is 23.8 Å². The Bertz CT molecular complexity index is 462. The third-order valence-electron chi connectivity index (χ3n) is 3.53. The Labute approximate surface area is 113 Å². The van der Waals surface area contributed by atoms with Gasteiger partial charge in [-0.2, -0.15) is 0 Å². The lowest BCUT2D eigenvalue weighted by Crippen LogP contribution is -2.43. The van der Waals surface area contributed by atoms with Crippen LogP contribution in [0.5, 0.6) is 11.5 Å². The van der Waals surface area contributed by atoms with Crippen molar-refractivity contribution < 1.29 is 14.3 Å². The zero-order valence-corrected chi connectivity index (χ0v) is 11.3. The van der Waals surface area contributed by atoms with E-state index in [1.165, 1.54) is 0 Å². The normalized spacial score (nSPS) is 22.1. The number of rotatable bonds is 4. The number of benzene rings is 1. The van der Waals surface area contributed by atoms with E-state index in [-0.39, 0.29) is 18.0 Å². The second-order valence-electron chi connectivity index (χ2n) is 4.74. The summed E-state index contributed by atoms with van der Waals surface area (Å²) < 4.78 is 10.3. The van der Waals surface area contributed by atoms with Gasteiger partial charge in [-0.3, -0.25) is 4.79 Å². The van der Waals surface area contributed by atoms with Gasteiger partial charge in [0.25, 0.3) is 5.91 Å². The van der Waals surface area contributed by atoms with E-state index in [1.54, 1.807) is 32.4 Å². The fourth-order valence-electron chi connectivity index (χ4n) is 2.40. The number of carbonyl (C=O) groups is 1. The lowest BCUT2D eigenvalue weighted by Gasteiger charge is -2.17. The molecule has 1 saturated carbocycles. The molecule has 19 heavy (non-hydrogen) atoms. The second kappa shape index (κ2) is 5.93. The van der Waals surface area contributed by atoms with E-state index in [0.717, 1.165) is 19.3 Å². The molecule has 3 N–H and O–H groups in total. The van der Waals surface area contributed by atoms with Gasteiger partial charge >= 0.3 is 0 Å². The molecule has 0 aliphatic heterocycles. The Morgan fingerprint density at radius 2 is 2.00 bits per heavy atom. The van der Waals surface area contributed by atoms with Crippen molar-refractivity contribution in [3.63, 3.8) is 0 Å².